The van der Waals surface area contributed by atoms with Gasteiger partial charge in [0.1, 0.15) is 23.2 Å². The molecule has 2 aliphatic heterocycles. The average Bonchev–Trinajstić information content (AvgIpc) is 3.16. The van der Waals surface area contributed by atoms with Gasteiger partial charge in [0.2, 0.25) is 5.91 Å². The molecule has 0 radical (unpaired) electrons. The zero-order valence-electron chi connectivity index (χ0n) is 15.0. The Hall–Kier alpha value is -2.13. The molecule has 2 aliphatic rings. The van der Waals surface area contributed by atoms with E-state index in [1.807, 2.05) is 36.1 Å². The molecule has 2 aromatic rings. The molecular formula is C17H22N6O2S. The predicted octanol–water partition coefficient (Wildman–Crippen LogP) is 1.18. The lowest BCUT2D eigenvalue weighted by Gasteiger charge is -2.42. The van der Waals surface area contributed by atoms with Crippen molar-refractivity contribution >= 4 is 17.7 Å². The van der Waals surface area contributed by atoms with Gasteiger partial charge in [-0.3, -0.25) is 4.79 Å². The smallest absolute Gasteiger partial charge is 0.244 e. The first-order chi connectivity index (χ1) is 12.4. The van der Waals surface area contributed by atoms with Crippen LogP contribution in [0.2, 0.25) is 0 Å². The topological polar surface area (TPSA) is 99.2 Å². The third-order valence-corrected chi connectivity index (χ3v) is 6.45. The highest BCUT2D eigenvalue weighted by atomic mass is 32.2. The Morgan fingerprint density at radius 3 is 2.73 bits per heavy atom. The fourth-order valence-electron chi connectivity index (χ4n) is 3.61. The van der Waals surface area contributed by atoms with Gasteiger partial charge < -0.3 is 15.4 Å². The Morgan fingerprint density at radius 1 is 1.31 bits per heavy atom. The standard InChI is InChI=1S/C17H22N6O2S/c1-4-25-11-7-5-10(6-8-11)9-22-14(19-20-21-22)13-17(2,3)26-16-12(18)15(24)23(13)16/h5-8,12-13,16H,4,9,18H2,1-3H3/t12?,13?,16-/m0/s1. The Bertz CT molecular complexity index is 821. The minimum Gasteiger partial charge on any atom is -0.494 e. The van der Waals surface area contributed by atoms with Crippen LogP contribution in [-0.2, 0) is 11.3 Å². The monoisotopic (exact) mass is 374 g/mol. The fourth-order valence-corrected chi connectivity index (χ4v) is 5.18. The number of thioether (sulfide) groups is 1. The highest BCUT2D eigenvalue weighted by Gasteiger charge is 2.61. The van der Waals surface area contributed by atoms with Crippen LogP contribution in [0, 0.1) is 0 Å². The maximum atomic E-state index is 12.3. The van der Waals surface area contributed by atoms with Gasteiger partial charge in [0, 0.05) is 4.75 Å². The average molecular weight is 374 g/mol. The Kier molecular flexibility index (Phi) is 4.15. The summed E-state index contributed by atoms with van der Waals surface area (Å²) in [5.41, 5.74) is 7.03. The van der Waals surface area contributed by atoms with Gasteiger partial charge in [-0.1, -0.05) is 12.1 Å². The van der Waals surface area contributed by atoms with E-state index >= 15 is 0 Å². The van der Waals surface area contributed by atoms with Crippen molar-refractivity contribution in [3.8, 4) is 5.75 Å². The van der Waals surface area contributed by atoms with Gasteiger partial charge in [0.05, 0.1) is 13.2 Å². The number of ether oxygens (including phenoxy) is 1. The van der Waals surface area contributed by atoms with Crippen molar-refractivity contribution in [3.05, 3.63) is 35.7 Å². The Morgan fingerprint density at radius 2 is 2.04 bits per heavy atom. The second kappa shape index (κ2) is 6.24. The molecule has 0 saturated carbocycles. The summed E-state index contributed by atoms with van der Waals surface area (Å²) < 4.78 is 7.04. The van der Waals surface area contributed by atoms with E-state index in [-0.39, 0.29) is 22.1 Å². The van der Waals surface area contributed by atoms with E-state index in [1.165, 1.54) is 0 Å². The van der Waals surface area contributed by atoms with Gasteiger partial charge in [-0.2, -0.15) is 0 Å². The molecular weight excluding hydrogens is 352 g/mol. The van der Waals surface area contributed by atoms with Crippen molar-refractivity contribution in [2.75, 3.05) is 6.61 Å². The number of nitrogens with zero attached hydrogens (tertiary/aromatic N) is 5. The van der Waals surface area contributed by atoms with Crippen molar-refractivity contribution in [3.63, 3.8) is 0 Å². The molecule has 138 valence electrons. The van der Waals surface area contributed by atoms with Crippen molar-refractivity contribution in [2.45, 2.75) is 49.5 Å². The molecule has 0 aliphatic carbocycles. The number of aromatic nitrogens is 4. The molecule has 0 bridgehead atoms. The van der Waals surface area contributed by atoms with Crippen molar-refractivity contribution < 1.29 is 9.53 Å². The van der Waals surface area contributed by atoms with Gasteiger partial charge in [-0.05, 0) is 48.9 Å². The first-order valence-electron chi connectivity index (χ1n) is 8.65. The van der Waals surface area contributed by atoms with E-state index in [1.54, 1.807) is 16.4 Å². The summed E-state index contributed by atoms with van der Waals surface area (Å²) in [4.78, 5) is 14.1. The Labute approximate surface area is 156 Å². The zero-order valence-corrected chi connectivity index (χ0v) is 15.8. The maximum Gasteiger partial charge on any atom is 0.244 e. The van der Waals surface area contributed by atoms with Crippen molar-refractivity contribution in [2.24, 2.45) is 5.73 Å². The fraction of sp³-hybridized carbons (Fsp3) is 0.529. The number of fused-ring (bicyclic) bond motifs is 1. The van der Waals surface area contributed by atoms with Crippen LogP contribution in [0.15, 0.2) is 24.3 Å². The second-order valence-corrected chi connectivity index (χ2v) is 8.83. The normalized spacial score (nSPS) is 26.5. The highest BCUT2D eigenvalue weighted by molar-refractivity contribution is 8.01. The third kappa shape index (κ3) is 2.66. The number of hydrogen-bond donors (Lipinski definition) is 1. The van der Waals surface area contributed by atoms with Crippen LogP contribution < -0.4 is 10.5 Å². The van der Waals surface area contributed by atoms with E-state index in [9.17, 15) is 4.79 Å². The molecule has 8 nitrogen and oxygen atoms in total. The van der Waals surface area contributed by atoms with Crippen LogP contribution in [0.1, 0.15) is 38.2 Å². The van der Waals surface area contributed by atoms with Crippen LogP contribution >= 0.6 is 11.8 Å². The van der Waals surface area contributed by atoms with E-state index < -0.39 is 6.04 Å². The summed E-state index contributed by atoms with van der Waals surface area (Å²) in [5.74, 6) is 1.50. The minimum absolute atomic E-state index is 0.00174. The van der Waals surface area contributed by atoms with Crippen LogP contribution in [0.3, 0.4) is 0 Å². The Balaban J connectivity index is 1.60. The van der Waals surface area contributed by atoms with Crippen LogP contribution in [-0.4, -0.2) is 53.8 Å². The molecule has 0 spiro atoms. The van der Waals surface area contributed by atoms with Gasteiger partial charge >= 0.3 is 0 Å². The molecule has 2 fully saturated rings. The largest absolute Gasteiger partial charge is 0.494 e. The lowest BCUT2D eigenvalue weighted by Crippen LogP contribution is -2.65. The molecule has 3 heterocycles. The molecule has 9 heteroatoms. The number of β-lactam (4-membered cyclic amide) rings is 1. The number of amides is 1. The summed E-state index contributed by atoms with van der Waals surface area (Å²) in [6, 6.07) is 7.25. The number of tetrazole rings is 1. The number of hydrogen-bond acceptors (Lipinski definition) is 7. The first kappa shape index (κ1) is 17.3. The van der Waals surface area contributed by atoms with Gasteiger partial charge in [0.25, 0.3) is 0 Å². The first-order valence-corrected chi connectivity index (χ1v) is 9.53. The highest BCUT2D eigenvalue weighted by Crippen LogP contribution is 2.56. The molecule has 2 N–H and O–H groups in total. The molecule has 1 amide bonds. The lowest BCUT2D eigenvalue weighted by molar-refractivity contribution is -0.147. The molecule has 2 saturated heterocycles. The summed E-state index contributed by atoms with van der Waals surface area (Å²) in [7, 11) is 0. The van der Waals surface area contributed by atoms with Crippen LogP contribution in [0.4, 0.5) is 0 Å². The van der Waals surface area contributed by atoms with E-state index in [0.29, 0.717) is 19.0 Å². The van der Waals surface area contributed by atoms with Gasteiger partial charge in [-0.25, -0.2) is 4.68 Å². The summed E-state index contributed by atoms with van der Waals surface area (Å²) in [6.07, 6.45) is 0. The van der Waals surface area contributed by atoms with E-state index in [4.69, 9.17) is 10.5 Å². The molecule has 2 unspecified atom stereocenters. The number of nitrogens with two attached hydrogens (primary N) is 1. The second-order valence-electron chi connectivity index (χ2n) is 7.06. The van der Waals surface area contributed by atoms with Crippen molar-refractivity contribution in [1.29, 1.82) is 0 Å². The molecule has 26 heavy (non-hydrogen) atoms. The third-order valence-electron chi connectivity index (χ3n) is 4.85. The number of rotatable bonds is 5. The zero-order chi connectivity index (χ0) is 18.5. The van der Waals surface area contributed by atoms with Crippen LogP contribution in [0.25, 0.3) is 0 Å². The van der Waals surface area contributed by atoms with Crippen molar-refractivity contribution in [1.82, 2.24) is 25.1 Å². The lowest BCUT2D eigenvalue weighted by atomic mass is 9.95. The number of benzene rings is 1. The molecule has 3 atom stereocenters. The van der Waals surface area contributed by atoms with Gasteiger partial charge in [0.15, 0.2) is 5.82 Å². The van der Waals surface area contributed by atoms with Crippen LogP contribution in [0.5, 0.6) is 5.75 Å². The molecule has 1 aromatic carbocycles. The molecule has 4 rings (SSSR count). The maximum absolute atomic E-state index is 12.3. The number of carbonyl (C=O) groups excluding carboxylic acids is 1. The van der Waals surface area contributed by atoms with E-state index in [2.05, 4.69) is 29.4 Å². The predicted molar refractivity (Wildman–Crippen MR) is 97.6 cm³/mol. The number of carbonyl (C=O) groups is 1. The summed E-state index contributed by atoms with van der Waals surface area (Å²) in [5, 5.41) is 12.3. The summed E-state index contributed by atoms with van der Waals surface area (Å²) in [6.45, 7) is 7.34. The minimum atomic E-state index is -0.431. The quantitative estimate of drug-likeness (QED) is 0.785. The summed E-state index contributed by atoms with van der Waals surface area (Å²) >= 11 is 1.71. The SMILES string of the molecule is CCOc1ccc(Cn2nnnc2C2N3C(=O)C(N)[C@@H]3SC2(C)C)cc1. The van der Waals surface area contributed by atoms with Gasteiger partial charge in [-0.15, -0.1) is 16.9 Å². The molecule has 1 aromatic heterocycles. The van der Waals surface area contributed by atoms with E-state index in [0.717, 1.165) is 11.3 Å².